The zero-order valence-corrected chi connectivity index (χ0v) is 21.9. The van der Waals surface area contributed by atoms with Crippen LogP contribution >= 0.6 is 24.0 Å². The molecule has 9 heteroatoms. The second kappa shape index (κ2) is 14.7. The van der Waals surface area contributed by atoms with Crippen molar-refractivity contribution in [2.45, 2.75) is 52.7 Å². The average molecular weight is 556 g/mol. The Kier molecular flexibility index (Phi) is 12.7. The number of imidazole rings is 1. The smallest absolute Gasteiger partial charge is 0.407 e. The Balaban J connectivity index is 0.00000512. The van der Waals surface area contributed by atoms with Crippen LogP contribution in [0, 0.1) is 0 Å². The van der Waals surface area contributed by atoms with Crippen LogP contribution in [0.2, 0.25) is 0 Å². The van der Waals surface area contributed by atoms with E-state index in [0.29, 0.717) is 13.1 Å². The number of aliphatic imine (C=N–C) groups is 1. The van der Waals surface area contributed by atoms with Crippen molar-refractivity contribution >= 4 is 36.0 Å². The second-order valence-electron chi connectivity index (χ2n) is 8.18. The molecule has 0 atom stereocenters. The molecule has 2 aromatic rings. The van der Waals surface area contributed by atoms with Crippen LogP contribution in [0.25, 0.3) is 0 Å². The molecule has 1 heterocycles. The number of hydrogen-bond acceptors (Lipinski definition) is 4. The summed E-state index contributed by atoms with van der Waals surface area (Å²) in [4.78, 5) is 20.7. The maximum Gasteiger partial charge on any atom is 0.407 e. The number of rotatable bonds is 10. The minimum Gasteiger partial charge on any atom is -0.444 e. The molecule has 2 rings (SSSR count). The van der Waals surface area contributed by atoms with Crippen molar-refractivity contribution in [2.75, 3.05) is 26.2 Å². The number of halogens is 1. The van der Waals surface area contributed by atoms with Gasteiger partial charge in [-0.25, -0.2) is 9.78 Å². The van der Waals surface area contributed by atoms with Gasteiger partial charge in [-0.2, -0.15) is 0 Å². The number of benzene rings is 1. The van der Waals surface area contributed by atoms with E-state index in [1.807, 2.05) is 46.2 Å². The molecule has 0 aliphatic rings. The number of carbonyl (C=O) groups is 1. The van der Waals surface area contributed by atoms with Crippen molar-refractivity contribution < 1.29 is 9.53 Å². The van der Waals surface area contributed by atoms with E-state index in [-0.39, 0.29) is 24.0 Å². The maximum atomic E-state index is 11.7. The standard InChI is InChI=1S/C23H36N6O2.HI/c1-5-24-21(26-13-9-14-28-22(30)31-23(2,3)4)27-15-12-20-25-16-17-29(20)18-19-10-7-6-8-11-19;/h6-8,10-11,16-17H,5,9,12-15,18H2,1-4H3,(H,28,30)(H2,24,26,27);1H. The van der Waals surface area contributed by atoms with E-state index in [1.165, 1.54) is 5.56 Å². The minimum atomic E-state index is -0.486. The van der Waals surface area contributed by atoms with Gasteiger partial charge in [0.05, 0.1) is 0 Å². The summed E-state index contributed by atoms with van der Waals surface area (Å²) >= 11 is 0. The summed E-state index contributed by atoms with van der Waals surface area (Å²) < 4.78 is 7.39. The van der Waals surface area contributed by atoms with Crippen molar-refractivity contribution in [2.24, 2.45) is 4.99 Å². The Morgan fingerprint density at radius 2 is 1.88 bits per heavy atom. The van der Waals surface area contributed by atoms with Crippen LogP contribution in [-0.4, -0.2) is 53.4 Å². The Bertz CT molecular complexity index is 817. The van der Waals surface area contributed by atoms with Crippen molar-refractivity contribution in [3.63, 3.8) is 0 Å². The quantitative estimate of drug-likeness (QED) is 0.180. The number of carbonyl (C=O) groups excluding carboxylic acids is 1. The van der Waals surface area contributed by atoms with E-state index < -0.39 is 11.7 Å². The van der Waals surface area contributed by atoms with Gasteiger partial charge < -0.3 is 25.3 Å². The fraction of sp³-hybridized carbons (Fsp3) is 0.522. The Hall–Kier alpha value is -2.30. The van der Waals surface area contributed by atoms with E-state index in [2.05, 4.69) is 54.8 Å². The van der Waals surface area contributed by atoms with Crippen LogP contribution in [0.5, 0.6) is 0 Å². The van der Waals surface area contributed by atoms with E-state index in [0.717, 1.165) is 44.3 Å². The molecule has 178 valence electrons. The number of alkyl carbamates (subject to hydrolysis) is 1. The summed E-state index contributed by atoms with van der Waals surface area (Å²) in [5.74, 6) is 1.80. The Morgan fingerprint density at radius 1 is 1.12 bits per heavy atom. The Labute approximate surface area is 208 Å². The molecule has 1 aromatic carbocycles. The number of amides is 1. The molecular weight excluding hydrogens is 519 g/mol. The van der Waals surface area contributed by atoms with E-state index in [9.17, 15) is 4.79 Å². The minimum absolute atomic E-state index is 0. The molecule has 0 aliphatic carbocycles. The van der Waals surface area contributed by atoms with Crippen molar-refractivity contribution in [3.05, 3.63) is 54.1 Å². The molecular formula is C23H37IN6O2. The molecule has 3 N–H and O–H groups in total. The number of ether oxygens (including phenoxy) is 1. The second-order valence-corrected chi connectivity index (χ2v) is 8.18. The molecule has 8 nitrogen and oxygen atoms in total. The highest BCUT2D eigenvalue weighted by molar-refractivity contribution is 14.0. The molecule has 0 saturated carbocycles. The first-order chi connectivity index (χ1) is 14.9. The molecule has 0 spiro atoms. The van der Waals surface area contributed by atoms with Gasteiger partial charge in [0.15, 0.2) is 5.96 Å². The van der Waals surface area contributed by atoms with Gasteiger partial charge in [0, 0.05) is 51.5 Å². The molecule has 32 heavy (non-hydrogen) atoms. The third-order valence-electron chi connectivity index (χ3n) is 4.26. The third kappa shape index (κ3) is 11.4. The first kappa shape index (κ1) is 27.7. The van der Waals surface area contributed by atoms with E-state index >= 15 is 0 Å². The number of nitrogens with one attached hydrogen (secondary N) is 3. The SMILES string of the molecule is CCNC(=NCCCNC(=O)OC(C)(C)C)NCCc1nccn1Cc1ccccc1.I. The van der Waals surface area contributed by atoms with Crippen LogP contribution in [0.3, 0.4) is 0 Å². The van der Waals surface area contributed by atoms with Crippen LogP contribution in [-0.2, 0) is 17.7 Å². The highest BCUT2D eigenvalue weighted by atomic mass is 127. The average Bonchev–Trinajstić information content (AvgIpc) is 3.14. The van der Waals surface area contributed by atoms with Gasteiger partial charge in [-0.1, -0.05) is 30.3 Å². The molecule has 0 radical (unpaired) electrons. The van der Waals surface area contributed by atoms with Gasteiger partial charge in [-0.15, -0.1) is 24.0 Å². The highest BCUT2D eigenvalue weighted by Gasteiger charge is 2.15. The zero-order valence-electron chi connectivity index (χ0n) is 19.6. The van der Waals surface area contributed by atoms with Gasteiger partial charge in [0.1, 0.15) is 11.4 Å². The van der Waals surface area contributed by atoms with E-state index in [4.69, 9.17) is 4.74 Å². The monoisotopic (exact) mass is 556 g/mol. The molecule has 0 unspecified atom stereocenters. The lowest BCUT2D eigenvalue weighted by Gasteiger charge is -2.19. The summed E-state index contributed by atoms with van der Waals surface area (Å²) in [5.41, 5.74) is 0.768. The molecule has 0 bridgehead atoms. The molecule has 0 aliphatic heterocycles. The summed E-state index contributed by atoms with van der Waals surface area (Å²) in [5, 5.41) is 9.35. The fourth-order valence-corrected chi connectivity index (χ4v) is 2.90. The van der Waals surface area contributed by atoms with Crippen LogP contribution in [0.15, 0.2) is 47.7 Å². The fourth-order valence-electron chi connectivity index (χ4n) is 2.90. The largest absolute Gasteiger partial charge is 0.444 e. The predicted molar refractivity (Wildman–Crippen MR) is 140 cm³/mol. The van der Waals surface area contributed by atoms with E-state index in [1.54, 1.807) is 0 Å². The maximum absolute atomic E-state index is 11.7. The van der Waals surface area contributed by atoms with Gasteiger partial charge >= 0.3 is 6.09 Å². The van der Waals surface area contributed by atoms with Crippen LogP contribution in [0.1, 0.15) is 45.5 Å². The third-order valence-corrected chi connectivity index (χ3v) is 4.26. The summed E-state index contributed by atoms with van der Waals surface area (Å²) in [6, 6.07) is 10.4. The number of guanidine groups is 1. The lowest BCUT2D eigenvalue weighted by Crippen LogP contribution is -2.38. The van der Waals surface area contributed by atoms with Gasteiger partial charge in [0.25, 0.3) is 0 Å². The topological polar surface area (TPSA) is 92.6 Å². The van der Waals surface area contributed by atoms with Gasteiger partial charge in [-0.05, 0) is 39.7 Å². The normalized spacial score (nSPS) is 11.4. The van der Waals surface area contributed by atoms with Crippen molar-refractivity contribution in [3.8, 4) is 0 Å². The lowest BCUT2D eigenvalue weighted by atomic mass is 10.2. The molecule has 1 amide bonds. The lowest BCUT2D eigenvalue weighted by molar-refractivity contribution is 0.0527. The summed E-state index contributed by atoms with van der Waals surface area (Å²) in [6.07, 6.45) is 4.99. The number of aromatic nitrogens is 2. The summed E-state index contributed by atoms with van der Waals surface area (Å²) in [6.45, 7) is 11.0. The van der Waals surface area contributed by atoms with Crippen molar-refractivity contribution in [1.82, 2.24) is 25.5 Å². The summed E-state index contributed by atoms with van der Waals surface area (Å²) in [7, 11) is 0. The first-order valence-corrected chi connectivity index (χ1v) is 10.9. The van der Waals surface area contributed by atoms with Crippen LogP contribution < -0.4 is 16.0 Å². The molecule has 0 saturated heterocycles. The zero-order chi connectivity index (χ0) is 22.5. The van der Waals surface area contributed by atoms with Crippen LogP contribution in [0.4, 0.5) is 4.79 Å². The molecule has 1 aromatic heterocycles. The Morgan fingerprint density at radius 3 is 2.56 bits per heavy atom. The van der Waals surface area contributed by atoms with Gasteiger partial charge in [-0.3, -0.25) is 4.99 Å². The highest BCUT2D eigenvalue weighted by Crippen LogP contribution is 2.07. The predicted octanol–water partition coefficient (Wildman–Crippen LogP) is 3.56. The molecule has 0 fully saturated rings. The first-order valence-electron chi connectivity index (χ1n) is 10.9. The van der Waals surface area contributed by atoms with Gasteiger partial charge in [0.2, 0.25) is 0 Å². The number of nitrogens with zero attached hydrogens (tertiary/aromatic N) is 3. The van der Waals surface area contributed by atoms with Crippen molar-refractivity contribution in [1.29, 1.82) is 0 Å². The number of hydrogen-bond donors (Lipinski definition) is 3.